The minimum absolute atomic E-state index is 0.0179. The molecule has 0 heterocycles. The zero-order chi connectivity index (χ0) is 43.0. The smallest absolute Gasteiger partial charge is 0.316 e. The van der Waals surface area contributed by atoms with E-state index in [2.05, 4.69) is 27.7 Å². The SMILES string of the molecule is CCCCCCCCCCCCCCCCCC(=O)C(CCCCCCCCCCCCCCCC)C(=O)OC(CCCCCCCC)CCCCCCCCCCC. The van der Waals surface area contributed by atoms with Gasteiger partial charge in [0.2, 0.25) is 0 Å². The van der Waals surface area contributed by atoms with Crippen molar-refractivity contribution >= 4 is 11.8 Å². The van der Waals surface area contributed by atoms with E-state index in [9.17, 15) is 9.59 Å². The molecule has 3 nitrogen and oxygen atoms in total. The quantitative estimate of drug-likeness (QED) is 0.0348. The molecule has 352 valence electrons. The highest BCUT2D eigenvalue weighted by molar-refractivity contribution is 5.99. The summed E-state index contributed by atoms with van der Waals surface area (Å²) in [6.07, 6.45) is 60.9. The molecule has 0 aromatic rings. The first kappa shape index (κ1) is 58.1. The molecule has 3 heteroatoms. The first-order valence-corrected chi connectivity index (χ1v) is 27.8. The fourth-order valence-corrected chi connectivity index (χ4v) is 9.14. The van der Waals surface area contributed by atoms with Gasteiger partial charge in [-0.15, -0.1) is 0 Å². The Bertz CT molecular complexity index is 822. The lowest BCUT2D eigenvalue weighted by Crippen LogP contribution is -2.30. The molecule has 2 unspecified atom stereocenters. The summed E-state index contributed by atoms with van der Waals surface area (Å²) in [7, 11) is 0. The van der Waals surface area contributed by atoms with Gasteiger partial charge in [-0.05, 0) is 38.5 Å². The van der Waals surface area contributed by atoms with Gasteiger partial charge in [-0.25, -0.2) is 0 Å². The molecule has 59 heavy (non-hydrogen) atoms. The Balaban J connectivity index is 4.85. The molecule has 0 fully saturated rings. The van der Waals surface area contributed by atoms with E-state index in [1.54, 1.807) is 0 Å². The van der Waals surface area contributed by atoms with Crippen LogP contribution in [-0.4, -0.2) is 17.9 Å². The van der Waals surface area contributed by atoms with Gasteiger partial charge >= 0.3 is 5.97 Å². The van der Waals surface area contributed by atoms with Crippen molar-refractivity contribution in [3.8, 4) is 0 Å². The van der Waals surface area contributed by atoms with Crippen molar-refractivity contribution in [2.45, 2.75) is 342 Å². The molecule has 0 saturated carbocycles. The number of hydrogen-bond donors (Lipinski definition) is 0. The molecule has 0 amide bonds. The van der Waals surface area contributed by atoms with Gasteiger partial charge in [-0.2, -0.15) is 0 Å². The summed E-state index contributed by atoms with van der Waals surface area (Å²) in [5.74, 6) is -0.563. The molecule has 0 aliphatic rings. The Morgan fingerprint density at radius 3 is 0.780 bits per heavy atom. The van der Waals surface area contributed by atoms with Gasteiger partial charge in [0.25, 0.3) is 0 Å². The molecule has 0 aliphatic carbocycles. The zero-order valence-electron chi connectivity index (χ0n) is 41.3. The largest absolute Gasteiger partial charge is 0.462 e. The molecule has 0 radical (unpaired) electrons. The molecule has 0 aromatic carbocycles. The standard InChI is InChI=1S/C56H110O3/c1-5-9-13-17-21-24-26-28-30-32-34-37-40-44-48-52-55(57)54(51-47-43-39-36-33-31-29-27-25-22-18-14-10-6-2)56(58)59-53(49-45-41-20-16-12-8-4)50-46-42-38-35-23-19-15-11-7-3/h53-54H,5-52H2,1-4H3. The molecule has 0 aromatic heterocycles. The number of Topliss-reactive ketones (excluding diaryl/α,β-unsaturated/α-hetero) is 1. The van der Waals surface area contributed by atoms with E-state index in [4.69, 9.17) is 4.74 Å². The normalized spacial score (nSPS) is 12.6. The Kier molecular flexibility index (Phi) is 49.1. The number of carbonyl (C=O) groups excluding carboxylic acids is 2. The second kappa shape index (κ2) is 49.8. The van der Waals surface area contributed by atoms with Crippen LogP contribution in [0.4, 0.5) is 0 Å². The fraction of sp³-hybridized carbons (Fsp3) is 0.964. The summed E-state index contributed by atoms with van der Waals surface area (Å²) in [5.41, 5.74) is 0. The second-order valence-corrected chi connectivity index (χ2v) is 19.3. The van der Waals surface area contributed by atoms with Gasteiger partial charge in [0.15, 0.2) is 0 Å². The van der Waals surface area contributed by atoms with Crippen LogP contribution in [0, 0.1) is 5.92 Å². The van der Waals surface area contributed by atoms with Crippen LogP contribution in [0.1, 0.15) is 336 Å². The van der Waals surface area contributed by atoms with Crippen molar-refractivity contribution in [3.05, 3.63) is 0 Å². The monoisotopic (exact) mass is 831 g/mol. The highest BCUT2D eigenvalue weighted by Crippen LogP contribution is 2.24. The van der Waals surface area contributed by atoms with Crippen molar-refractivity contribution in [1.29, 1.82) is 0 Å². The lowest BCUT2D eigenvalue weighted by molar-refractivity contribution is -0.158. The first-order valence-electron chi connectivity index (χ1n) is 27.8. The minimum atomic E-state index is -0.547. The number of hydrogen-bond acceptors (Lipinski definition) is 3. The van der Waals surface area contributed by atoms with Crippen LogP contribution in [0.15, 0.2) is 0 Å². The summed E-state index contributed by atoms with van der Waals surface area (Å²) in [6, 6.07) is 0. The molecule has 0 N–H and O–H groups in total. The first-order chi connectivity index (χ1) is 29.1. The lowest BCUT2D eigenvalue weighted by Gasteiger charge is -2.22. The maximum absolute atomic E-state index is 13.9. The highest BCUT2D eigenvalue weighted by atomic mass is 16.5. The van der Waals surface area contributed by atoms with E-state index in [0.29, 0.717) is 12.8 Å². The maximum atomic E-state index is 13.9. The van der Waals surface area contributed by atoms with Gasteiger partial charge in [-0.1, -0.05) is 291 Å². The van der Waals surface area contributed by atoms with Crippen molar-refractivity contribution < 1.29 is 14.3 Å². The number of unbranched alkanes of at least 4 members (excludes halogenated alkanes) is 40. The number of ketones is 1. The predicted molar refractivity (Wildman–Crippen MR) is 263 cm³/mol. The summed E-state index contributed by atoms with van der Waals surface area (Å²) < 4.78 is 6.37. The molecular formula is C56H110O3. The van der Waals surface area contributed by atoms with E-state index >= 15 is 0 Å². The van der Waals surface area contributed by atoms with Crippen molar-refractivity contribution in [3.63, 3.8) is 0 Å². The van der Waals surface area contributed by atoms with Crippen LogP contribution < -0.4 is 0 Å². The van der Waals surface area contributed by atoms with Gasteiger partial charge in [-0.3, -0.25) is 9.59 Å². The van der Waals surface area contributed by atoms with Gasteiger partial charge in [0.05, 0.1) is 0 Å². The highest BCUT2D eigenvalue weighted by Gasteiger charge is 2.29. The van der Waals surface area contributed by atoms with Crippen molar-refractivity contribution in [2.75, 3.05) is 0 Å². The van der Waals surface area contributed by atoms with Crippen LogP contribution in [0.3, 0.4) is 0 Å². The molecule has 0 aliphatic heterocycles. The molecule has 0 rings (SSSR count). The second-order valence-electron chi connectivity index (χ2n) is 19.3. The van der Waals surface area contributed by atoms with Gasteiger partial charge < -0.3 is 4.74 Å². The molecular weight excluding hydrogens is 721 g/mol. The van der Waals surface area contributed by atoms with Crippen LogP contribution in [0.2, 0.25) is 0 Å². The van der Waals surface area contributed by atoms with Crippen LogP contribution in [0.5, 0.6) is 0 Å². The number of esters is 1. The van der Waals surface area contributed by atoms with Gasteiger partial charge in [0.1, 0.15) is 17.8 Å². The third-order valence-corrected chi connectivity index (χ3v) is 13.3. The van der Waals surface area contributed by atoms with Crippen LogP contribution >= 0.6 is 0 Å². The molecule has 2 atom stereocenters. The summed E-state index contributed by atoms with van der Waals surface area (Å²) in [6.45, 7) is 9.15. The molecule has 0 spiro atoms. The van der Waals surface area contributed by atoms with E-state index in [1.807, 2.05) is 0 Å². The van der Waals surface area contributed by atoms with E-state index in [0.717, 1.165) is 51.4 Å². The third-order valence-electron chi connectivity index (χ3n) is 13.3. The predicted octanol–water partition coefficient (Wildman–Crippen LogP) is 19.9. The van der Waals surface area contributed by atoms with Crippen molar-refractivity contribution in [2.24, 2.45) is 5.92 Å². The Hall–Kier alpha value is -0.860. The van der Waals surface area contributed by atoms with Crippen LogP contribution in [0.25, 0.3) is 0 Å². The maximum Gasteiger partial charge on any atom is 0.316 e. The zero-order valence-corrected chi connectivity index (χ0v) is 41.3. The molecule has 0 bridgehead atoms. The third kappa shape index (κ3) is 43.6. The van der Waals surface area contributed by atoms with E-state index in [1.165, 1.54) is 244 Å². The Morgan fingerprint density at radius 2 is 0.508 bits per heavy atom. The topological polar surface area (TPSA) is 43.4 Å². The number of ether oxygens (including phenoxy) is 1. The van der Waals surface area contributed by atoms with E-state index in [-0.39, 0.29) is 17.9 Å². The van der Waals surface area contributed by atoms with Gasteiger partial charge in [0, 0.05) is 6.42 Å². The number of carbonyl (C=O) groups is 2. The summed E-state index contributed by atoms with van der Waals surface area (Å²) in [4.78, 5) is 27.7. The summed E-state index contributed by atoms with van der Waals surface area (Å²) in [5, 5.41) is 0. The average molecular weight is 831 g/mol. The average Bonchev–Trinajstić information content (AvgIpc) is 3.24. The van der Waals surface area contributed by atoms with Crippen molar-refractivity contribution in [1.82, 2.24) is 0 Å². The molecule has 0 saturated heterocycles. The Morgan fingerprint density at radius 1 is 0.288 bits per heavy atom. The summed E-state index contributed by atoms with van der Waals surface area (Å²) >= 11 is 0. The van der Waals surface area contributed by atoms with Crippen LogP contribution in [-0.2, 0) is 14.3 Å². The number of rotatable bonds is 51. The lowest BCUT2D eigenvalue weighted by atomic mass is 9.92. The minimum Gasteiger partial charge on any atom is -0.462 e. The Labute approximate surface area is 372 Å². The fourth-order valence-electron chi connectivity index (χ4n) is 9.14. The van der Waals surface area contributed by atoms with E-state index < -0.39 is 5.92 Å².